The maximum atomic E-state index is 12.3. The zero-order valence-corrected chi connectivity index (χ0v) is 17.0. The minimum atomic E-state index is -0.0896. The molecule has 0 bridgehead atoms. The molecule has 2 aromatic carbocycles. The van der Waals surface area contributed by atoms with Gasteiger partial charge in [-0.2, -0.15) is 0 Å². The molecule has 1 aromatic heterocycles. The van der Waals surface area contributed by atoms with Crippen LogP contribution in [-0.2, 0) is 6.42 Å². The smallest absolute Gasteiger partial charge is 0.252 e. The molecule has 0 radical (unpaired) electrons. The predicted octanol–water partition coefficient (Wildman–Crippen LogP) is 5.40. The van der Waals surface area contributed by atoms with E-state index in [1.54, 1.807) is 24.5 Å². The number of nitrogens with one attached hydrogen (secondary N) is 2. The van der Waals surface area contributed by atoms with Gasteiger partial charge >= 0.3 is 0 Å². The quantitative estimate of drug-likeness (QED) is 0.490. The normalized spacial score (nSPS) is 11.6. The topological polar surface area (TPSA) is 54.0 Å². The van der Waals surface area contributed by atoms with Gasteiger partial charge in [0, 0.05) is 24.6 Å². The number of amides is 1. The molecule has 150 valence electrons. The van der Waals surface area contributed by atoms with Crippen molar-refractivity contribution in [3.05, 3.63) is 95.8 Å². The maximum Gasteiger partial charge on any atom is 0.252 e. The molecule has 2 N–H and O–H groups in total. The van der Waals surface area contributed by atoms with Crippen LogP contribution >= 0.6 is 0 Å². The summed E-state index contributed by atoms with van der Waals surface area (Å²) < 4.78 is 0. The number of carbonyl (C=O) groups is 1. The fourth-order valence-electron chi connectivity index (χ4n) is 3.33. The van der Waals surface area contributed by atoms with E-state index >= 15 is 0 Å². The molecule has 0 aliphatic carbocycles. The van der Waals surface area contributed by atoms with Crippen molar-refractivity contribution in [1.29, 1.82) is 0 Å². The van der Waals surface area contributed by atoms with Crippen LogP contribution in [0.5, 0.6) is 0 Å². The Morgan fingerprint density at radius 2 is 1.90 bits per heavy atom. The first-order valence-corrected chi connectivity index (χ1v) is 10.3. The summed E-state index contributed by atoms with van der Waals surface area (Å²) in [5.41, 5.74) is 4.28. The number of aryl methyl sites for hydroxylation is 1. The number of nitrogens with zero attached hydrogens (tertiary/aromatic N) is 1. The third-order valence-electron chi connectivity index (χ3n) is 4.93. The van der Waals surface area contributed by atoms with Gasteiger partial charge in [-0.25, -0.2) is 0 Å². The maximum absolute atomic E-state index is 12.3. The molecule has 1 atom stereocenters. The second-order valence-electron chi connectivity index (χ2n) is 7.20. The second kappa shape index (κ2) is 11.0. The van der Waals surface area contributed by atoms with Crippen molar-refractivity contribution in [2.75, 3.05) is 11.9 Å². The molecule has 1 unspecified atom stereocenters. The van der Waals surface area contributed by atoms with Gasteiger partial charge in [0.25, 0.3) is 5.91 Å². The van der Waals surface area contributed by atoms with E-state index in [4.69, 9.17) is 0 Å². The second-order valence-corrected chi connectivity index (χ2v) is 7.20. The first-order valence-electron chi connectivity index (χ1n) is 10.3. The van der Waals surface area contributed by atoms with Crippen LogP contribution in [0.2, 0.25) is 0 Å². The Morgan fingerprint density at radius 1 is 1.03 bits per heavy atom. The van der Waals surface area contributed by atoms with Crippen molar-refractivity contribution < 1.29 is 4.79 Å². The van der Waals surface area contributed by atoms with Gasteiger partial charge in [0.1, 0.15) is 0 Å². The lowest BCUT2D eigenvalue weighted by Gasteiger charge is -2.21. The third kappa shape index (κ3) is 6.46. The highest BCUT2D eigenvalue weighted by atomic mass is 16.1. The van der Waals surface area contributed by atoms with Crippen LogP contribution in [0.1, 0.15) is 53.7 Å². The van der Waals surface area contributed by atoms with Gasteiger partial charge < -0.3 is 10.6 Å². The Labute approximate surface area is 173 Å². The standard InChI is InChI=1S/C25H29N3O/c1-2-3-9-20-10-7-11-21(18-20)24(28-23-13-5-4-6-14-23)15-17-27-25(29)22-12-8-16-26-19-22/h4-8,10-14,16,18-19,24,28H,2-3,9,15,17H2,1H3,(H,27,29). The fourth-order valence-corrected chi connectivity index (χ4v) is 3.33. The van der Waals surface area contributed by atoms with E-state index < -0.39 is 0 Å². The third-order valence-corrected chi connectivity index (χ3v) is 4.93. The van der Waals surface area contributed by atoms with E-state index in [1.807, 2.05) is 18.2 Å². The molecule has 0 saturated heterocycles. The molecule has 1 amide bonds. The lowest BCUT2D eigenvalue weighted by Crippen LogP contribution is -2.27. The summed E-state index contributed by atoms with van der Waals surface area (Å²) >= 11 is 0. The summed E-state index contributed by atoms with van der Waals surface area (Å²) in [4.78, 5) is 16.3. The van der Waals surface area contributed by atoms with Crippen LogP contribution in [-0.4, -0.2) is 17.4 Å². The van der Waals surface area contributed by atoms with Crippen LogP contribution in [0.15, 0.2) is 79.1 Å². The van der Waals surface area contributed by atoms with Gasteiger partial charge in [0.15, 0.2) is 0 Å². The van der Waals surface area contributed by atoms with Crippen LogP contribution in [0, 0.1) is 0 Å². The minimum Gasteiger partial charge on any atom is -0.378 e. The number of pyridine rings is 1. The number of unbranched alkanes of at least 4 members (excludes halogenated alkanes) is 1. The predicted molar refractivity (Wildman–Crippen MR) is 119 cm³/mol. The van der Waals surface area contributed by atoms with Crippen molar-refractivity contribution >= 4 is 11.6 Å². The number of benzene rings is 2. The highest BCUT2D eigenvalue weighted by Crippen LogP contribution is 2.24. The highest BCUT2D eigenvalue weighted by Gasteiger charge is 2.13. The number of carbonyl (C=O) groups excluding carboxylic acids is 1. The minimum absolute atomic E-state index is 0.0896. The van der Waals surface area contributed by atoms with Crippen molar-refractivity contribution in [3.8, 4) is 0 Å². The van der Waals surface area contributed by atoms with Crippen LogP contribution in [0.3, 0.4) is 0 Å². The van der Waals surface area contributed by atoms with E-state index in [0.717, 1.165) is 18.5 Å². The van der Waals surface area contributed by atoms with E-state index in [0.29, 0.717) is 12.1 Å². The van der Waals surface area contributed by atoms with Crippen LogP contribution < -0.4 is 10.6 Å². The number of anilines is 1. The molecular weight excluding hydrogens is 358 g/mol. The Hall–Kier alpha value is -3.14. The van der Waals surface area contributed by atoms with E-state index in [2.05, 4.69) is 58.9 Å². The average molecular weight is 388 g/mol. The molecule has 0 aliphatic heterocycles. The van der Waals surface area contributed by atoms with Crippen molar-refractivity contribution in [3.63, 3.8) is 0 Å². The largest absolute Gasteiger partial charge is 0.378 e. The molecule has 0 saturated carbocycles. The lowest BCUT2D eigenvalue weighted by atomic mass is 9.98. The molecule has 1 heterocycles. The van der Waals surface area contributed by atoms with Gasteiger partial charge in [-0.15, -0.1) is 0 Å². The monoisotopic (exact) mass is 387 g/mol. The molecule has 29 heavy (non-hydrogen) atoms. The van der Waals surface area contributed by atoms with Crippen molar-refractivity contribution in [2.45, 2.75) is 38.6 Å². The van der Waals surface area contributed by atoms with E-state index in [-0.39, 0.29) is 11.9 Å². The Kier molecular flexibility index (Phi) is 7.81. The van der Waals surface area contributed by atoms with Crippen molar-refractivity contribution in [1.82, 2.24) is 10.3 Å². The van der Waals surface area contributed by atoms with Gasteiger partial charge in [0.05, 0.1) is 11.6 Å². The van der Waals surface area contributed by atoms with Gasteiger partial charge in [-0.3, -0.25) is 9.78 Å². The summed E-state index contributed by atoms with van der Waals surface area (Å²) in [6, 6.07) is 22.7. The number of rotatable bonds is 10. The van der Waals surface area contributed by atoms with Gasteiger partial charge in [0.2, 0.25) is 0 Å². The van der Waals surface area contributed by atoms with Crippen LogP contribution in [0.25, 0.3) is 0 Å². The Bertz CT molecular complexity index is 881. The number of aromatic nitrogens is 1. The number of hydrogen-bond acceptors (Lipinski definition) is 3. The molecular formula is C25H29N3O. The molecule has 3 rings (SSSR count). The summed E-state index contributed by atoms with van der Waals surface area (Å²) in [5, 5.41) is 6.64. The summed E-state index contributed by atoms with van der Waals surface area (Å²) in [5.74, 6) is -0.0896. The van der Waals surface area contributed by atoms with E-state index in [1.165, 1.54) is 24.0 Å². The first kappa shape index (κ1) is 20.6. The van der Waals surface area contributed by atoms with Gasteiger partial charge in [-0.1, -0.05) is 55.8 Å². The van der Waals surface area contributed by atoms with Crippen molar-refractivity contribution in [2.24, 2.45) is 0 Å². The zero-order chi connectivity index (χ0) is 20.3. The molecule has 4 heteroatoms. The highest BCUT2D eigenvalue weighted by molar-refractivity contribution is 5.93. The summed E-state index contributed by atoms with van der Waals surface area (Å²) in [6.45, 7) is 2.80. The Morgan fingerprint density at radius 3 is 2.66 bits per heavy atom. The summed E-state index contributed by atoms with van der Waals surface area (Å²) in [6.07, 6.45) is 7.53. The Balaban J connectivity index is 1.68. The molecule has 0 fully saturated rings. The SMILES string of the molecule is CCCCc1cccc(C(CCNC(=O)c2cccnc2)Nc2ccccc2)c1. The first-order chi connectivity index (χ1) is 14.3. The molecule has 0 spiro atoms. The molecule has 3 aromatic rings. The molecule has 4 nitrogen and oxygen atoms in total. The fraction of sp³-hybridized carbons (Fsp3) is 0.280. The van der Waals surface area contributed by atoms with Gasteiger partial charge in [-0.05, 0) is 54.7 Å². The average Bonchev–Trinajstić information content (AvgIpc) is 2.78. The number of para-hydroxylation sites is 1. The zero-order valence-electron chi connectivity index (χ0n) is 17.0. The van der Waals surface area contributed by atoms with Crippen LogP contribution in [0.4, 0.5) is 5.69 Å². The summed E-state index contributed by atoms with van der Waals surface area (Å²) in [7, 11) is 0. The number of hydrogen-bond donors (Lipinski definition) is 2. The van der Waals surface area contributed by atoms with E-state index in [9.17, 15) is 4.79 Å². The lowest BCUT2D eigenvalue weighted by molar-refractivity contribution is 0.0952. The molecule has 0 aliphatic rings.